The van der Waals surface area contributed by atoms with Crippen LogP contribution in [0.1, 0.15) is 29.6 Å². The number of imidazole rings is 1. The van der Waals surface area contributed by atoms with Crippen LogP contribution in [0.15, 0.2) is 67.3 Å². The summed E-state index contributed by atoms with van der Waals surface area (Å²) in [7, 11) is 0. The van der Waals surface area contributed by atoms with E-state index in [4.69, 9.17) is 4.74 Å². The molecule has 0 bridgehead atoms. The van der Waals surface area contributed by atoms with E-state index in [0.717, 1.165) is 42.3 Å². The fraction of sp³-hybridized carbons (Fsp3) is 0.333. The first-order chi connectivity index (χ1) is 14.8. The normalized spacial score (nSPS) is 19.3. The van der Waals surface area contributed by atoms with Crippen LogP contribution in [0.3, 0.4) is 0 Å². The smallest absolute Gasteiger partial charge is 0.253 e. The number of aromatic nitrogens is 2. The van der Waals surface area contributed by atoms with Crippen LogP contribution in [0.5, 0.6) is 11.5 Å². The third-order valence-electron chi connectivity index (χ3n) is 6.08. The number of carbonyl (C=O) groups excluding carboxylic acids is 1. The minimum Gasteiger partial charge on any atom is -0.457 e. The topological polar surface area (TPSA) is 50.6 Å². The maximum atomic E-state index is 12.9. The molecule has 154 valence electrons. The number of ether oxygens (including phenoxy) is 1. The van der Waals surface area contributed by atoms with Gasteiger partial charge in [-0.1, -0.05) is 0 Å². The van der Waals surface area contributed by atoms with Crippen molar-refractivity contribution in [2.45, 2.75) is 25.3 Å². The Morgan fingerprint density at radius 3 is 2.30 bits per heavy atom. The second-order valence-corrected chi connectivity index (χ2v) is 8.03. The Hall–Kier alpha value is -3.12. The van der Waals surface area contributed by atoms with Crippen molar-refractivity contribution in [1.29, 1.82) is 0 Å². The molecular weight excluding hydrogens is 376 g/mol. The lowest BCUT2D eigenvalue weighted by Gasteiger charge is -2.23. The molecule has 6 heteroatoms. The van der Waals surface area contributed by atoms with Crippen molar-refractivity contribution in [3.05, 3.63) is 72.8 Å². The standard InChI is InChI=1S/C24H26N4O2/c29-24(27-15-11-21(17-27)26-13-1-2-14-26)19-3-7-22(8-4-19)30-23-9-5-20(6-10-23)28-16-12-25-18-28/h3-10,12,16,18,21H,1-2,11,13-15,17H2/t21-/m0/s1. The number of hydrogen-bond acceptors (Lipinski definition) is 4. The van der Waals surface area contributed by atoms with Gasteiger partial charge in [-0.2, -0.15) is 0 Å². The van der Waals surface area contributed by atoms with E-state index >= 15 is 0 Å². The molecule has 1 amide bonds. The summed E-state index contributed by atoms with van der Waals surface area (Å²) >= 11 is 0. The first kappa shape index (κ1) is 18.9. The summed E-state index contributed by atoms with van der Waals surface area (Å²) in [5, 5.41) is 0. The van der Waals surface area contributed by atoms with Crippen molar-refractivity contribution in [2.24, 2.45) is 0 Å². The Morgan fingerprint density at radius 1 is 0.933 bits per heavy atom. The molecule has 2 aliphatic heterocycles. The Bertz CT molecular complexity index is 977. The highest BCUT2D eigenvalue weighted by Crippen LogP contribution is 2.25. The van der Waals surface area contributed by atoms with E-state index in [-0.39, 0.29) is 5.91 Å². The first-order valence-electron chi connectivity index (χ1n) is 10.7. The average molecular weight is 402 g/mol. The van der Waals surface area contributed by atoms with E-state index < -0.39 is 0 Å². The Balaban J connectivity index is 1.20. The van der Waals surface area contributed by atoms with Gasteiger partial charge in [-0.25, -0.2) is 4.98 Å². The third kappa shape index (κ3) is 3.96. The molecule has 1 atom stereocenters. The predicted octanol–water partition coefficient (Wildman–Crippen LogP) is 3.97. The number of likely N-dealkylation sites (tertiary alicyclic amines) is 2. The van der Waals surface area contributed by atoms with Gasteiger partial charge in [0.15, 0.2) is 0 Å². The summed E-state index contributed by atoms with van der Waals surface area (Å²) < 4.78 is 7.88. The number of benzene rings is 2. The number of amides is 1. The van der Waals surface area contributed by atoms with Gasteiger partial charge in [0, 0.05) is 42.8 Å². The molecule has 1 aromatic heterocycles. The zero-order valence-corrected chi connectivity index (χ0v) is 17.0. The van der Waals surface area contributed by atoms with Crippen LogP contribution in [-0.2, 0) is 0 Å². The molecule has 6 nitrogen and oxygen atoms in total. The molecule has 30 heavy (non-hydrogen) atoms. The van der Waals surface area contributed by atoms with Crippen molar-refractivity contribution >= 4 is 5.91 Å². The molecule has 3 aromatic rings. The lowest BCUT2D eigenvalue weighted by atomic mass is 10.2. The highest BCUT2D eigenvalue weighted by atomic mass is 16.5. The molecule has 3 heterocycles. The zero-order valence-electron chi connectivity index (χ0n) is 17.0. The third-order valence-corrected chi connectivity index (χ3v) is 6.08. The van der Waals surface area contributed by atoms with E-state index in [1.807, 2.05) is 64.2 Å². The van der Waals surface area contributed by atoms with Crippen molar-refractivity contribution < 1.29 is 9.53 Å². The number of carbonyl (C=O) groups is 1. The Labute approximate surface area is 176 Å². The van der Waals surface area contributed by atoms with Crippen LogP contribution in [0.4, 0.5) is 0 Å². The van der Waals surface area contributed by atoms with Gasteiger partial charge in [0.25, 0.3) is 5.91 Å². The van der Waals surface area contributed by atoms with E-state index in [9.17, 15) is 4.79 Å². The number of nitrogens with zero attached hydrogens (tertiary/aromatic N) is 4. The molecule has 0 aliphatic carbocycles. The van der Waals surface area contributed by atoms with Crippen molar-refractivity contribution in [1.82, 2.24) is 19.4 Å². The average Bonchev–Trinajstić information content (AvgIpc) is 3.57. The van der Waals surface area contributed by atoms with Gasteiger partial charge >= 0.3 is 0 Å². The van der Waals surface area contributed by atoms with E-state index in [0.29, 0.717) is 6.04 Å². The van der Waals surface area contributed by atoms with Gasteiger partial charge in [-0.3, -0.25) is 9.69 Å². The van der Waals surface area contributed by atoms with E-state index in [2.05, 4.69) is 9.88 Å². The minimum atomic E-state index is 0.118. The highest BCUT2D eigenvalue weighted by Gasteiger charge is 2.31. The van der Waals surface area contributed by atoms with E-state index in [1.54, 1.807) is 12.5 Å². The van der Waals surface area contributed by atoms with Crippen molar-refractivity contribution in [3.8, 4) is 17.2 Å². The predicted molar refractivity (Wildman–Crippen MR) is 115 cm³/mol. The van der Waals surface area contributed by atoms with Gasteiger partial charge < -0.3 is 14.2 Å². The molecule has 5 rings (SSSR count). The molecule has 2 saturated heterocycles. The fourth-order valence-electron chi connectivity index (χ4n) is 4.41. The summed E-state index contributed by atoms with van der Waals surface area (Å²) in [6.07, 6.45) is 9.08. The molecule has 2 fully saturated rings. The van der Waals surface area contributed by atoms with Crippen molar-refractivity contribution in [3.63, 3.8) is 0 Å². The van der Waals surface area contributed by atoms with Crippen LogP contribution in [0.25, 0.3) is 5.69 Å². The summed E-state index contributed by atoms with van der Waals surface area (Å²) in [5.74, 6) is 1.59. The van der Waals surface area contributed by atoms with E-state index in [1.165, 1.54) is 25.9 Å². The molecular formula is C24H26N4O2. The van der Waals surface area contributed by atoms with Gasteiger partial charge in [0.1, 0.15) is 11.5 Å². The quantitative estimate of drug-likeness (QED) is 0.648. The van der Waals surface area contributed by atoms with Crippen LogP contribution in [0.2, 0.25) is 0 Å². The first-order valence-corrected chi connectivity index (χ1v) is 10.7. The Morgan fingerprint density at radius 2 is 1.63 bits per heavy atom. The molecule has 0 radical (unpaired) electrons. The molecule has 2 aliphatic rings. The molecule has 0 saturated carbocycles. The van der Waals surface area contributed by atoms with Crippen molar-refractivity contribution in [2.75, 3.05) is 26.2 Å². The highest BCUT2D eigenvalue weighted by molar-refractivity contribution is 5.94. The van der Waals surface area contributed by atoms with Gasteiger partial charge in [0.2, 0.25) is 0 Å². The largest absolute Gasteiger partial charge is 0.457 e. The second-order valence-electron chi connectivity index (χ2n) is 8.03. The summed E-state index contributed by atoms with van der Waals surface area (Å²) in [4.78, 5) is 21.5. The monoisotopic (exact) mass is 402 g/mol. The van der Waals surface area contributed by atoms with Crippen LogP contribution in [0, 0.1) is 0 Å². The number of hydrogen-bond donors (Lipinski definition) is 0. The van der Waals surface area contributed by atoms with Crippen LogP contribution < -0.4 is 4.74 Å². The summed E-state index contributed by atoms with van der Waals surface area (Å²) in [6.45, 7) is 4.06. The van der Waals surface area contributed by atoms with Crippen LogP contribution in [-0.4, -0.2) is 57.5 Å². The van der Waals surface area contributed by atoms with Gasteiger partial charge in [-0.15, -0.1) is 0 Å². The van der Waals surface area contributed by atoms with Crippen LogP contribution >= 0.6 is 0 Å². The summed E-state index contributed by atoms with van der Waals surface area (Å²) in [6, 6.07) is 15.8. The molecule has 2 aromatic carbocycles. The second kappa shape index (κ2) is 8.32. The lowest BCUT2D eigenvalue weighted by Crippen LogP contribution is -2.37. The molecule has 0 N–H and O–H groups in total. The maximum Gasteiger partial charge on any atom is 0.253 e. The maximum absolute atomic E-state index is 12.9. The minimum absolute atomic E-state index is 0.118. The lowest BCUT2D eigenvalue weighted by molar-refractivity contribution is 0.0780. The number of rotatable bonds is 5. The zero-order chi connectivity index (χ0) is 20.3. The SMILES string of the molecule is O=C(c1ccc(Oc2ccc(-n3ccnc3)cc2)cc1)N1CC[C@H](N2CCCC2)C1. The molecule has 0 spiro atoms. The van der Waals surface area contributed by atoms with Gasteiger partial charge in [-0.05, 0) is 80.9 Å². The van der Waals surface area contributed by atoms with Gasteiger partial charge in [0.05, 0.1) is 6.33 Å². The fourth-order valence-corrected chi connectivity index (χ4v) is 4.41. The molecule has 0 unspecified atom stereocenters. The Kier molecular flexibility index (Phi) is 5.24. The summed E-state index contributed by atoms with van der Waals surface area (Å²) in [5.41, 5.74) is 1.75.